The van der Waals surface area contributed by atoms with E-state index in [0.717, 1.165) is 24.2 Å². The molecule has 0 saturated carbocycles. The molecular formula is C43H93F3O7Si4. The van der Waals surface area contributed by atoms with Crippen molar-refractivity contribution in [2.45, 2.75) is 157 Å². The molecule has 0 aliphatic heterocycles. The summed E-state index contributed by atoms with van der Waals surface area (Å²) in [5.74, 6) is -0.718. The first-order chi connectivity index (χ1) is 22.8. The first kappa shape index (κ1) is 82.4. The fourth-order valence-corrected chi connectivity index (χ4v) is 18.4. The maximum atomic E-state index is 12.7. The second-order valence-corrected chi connectivity index (χ2v) is 26.7. The third-order valence-electron chi connectivity index (χ3n) is 6.20. The third-order valence-corrected chi connectivity index (χ3v) is 21.9. The van der Waals surface area contributed by atoms with Crippen molar-refractivity contribution in [1.29, 1.82) is 0 Å². The zero-order valence-corrected chi connectivity index (χ0v) is 35.5. The van der Waals surface area contributed by atoms with E-state index in [1.807, 2.05) is 99.4 Å². The molecule has 2 rings (SSSR count). The summed E-state index contributed by atoms with van der Waals surface area (Å²) in [6.07, 6.45) is -2.74. The summed E-state index contributed by atoms with van der Waals surface area (Å²) in [6, 6.07) is 25.8. The van der Waals surface area contributed by atoms with Crippen molar-refractivity contribution in [3.05, 3.63) is 98.1 Å². The van der Waals surface area contributed by atoms with Crippen molar-refractivity contribution in [3.63, 3.8) is 0 Å². The van der Waals surface area contributed by atoms with E-state index in [0.29, 0.717) is 13.2 Å². The Balaban J connectivity index is -0.0000000574. The number of carbonyl (C=O) groups excluding carboxylic acids is 2. The van der Waals surface area contributed by atoms with Gasteiger partial charge in [-0.05, 0) is 71.3 Å². The molecule has 0 saturated heterocycles. The lowest BCUT2D eigenvalue weighted by atomic mass is 10.4. The Morgan fingerprint density at radius 3 is 1.05 bits per heavy atom. The van der Waals surface area contributed by atoms with Gasteiger partial charge in [0, 0.05) is 18.6 Å². The number of benzene rings is 2. The van der Waals surface area contributed by atoms with Gasteiger partial charge in [-0.25, -0.2) is 9.59 Å². The minimum Gasteiger partial charge on any atom is -0.463 e. The molecular weight excluding hydrogens is 798 g/mol. The van der Waals surface area contributed by atoms with Gasteiger partial charge < -0.3 is 21.8 Å². The quantitative estimate of drug-likeness (QED) is 0.106. The summed E-state index contributed by atoms with van der Waals surface area (Å²) in [7, 11) is -8.66. The predicted octanol–water partition coefficient (Wildman–Crippen LogP) is 15.3. The van der Waals surface area contributed by atoms with E-state index in [1.54, 1.807) is 20.4 Å². The van der Waals surface area contributed by atoms with E-state index in [2.05, 4.69) is 42.6 Å². The molecule has 0 fully saturated rings. The Morgan fingerprint density at radius 1 is 0.579 bits per heavy atom. The highest BCUT2D eigenvalue weighted by Crippen LogP contribution is 2.31. The number of hydrogen-bond donors (Lipinski definition) is 0. The van der Waals surface area contributed by atoms with Crippen LogP contribution in [0, 0.1) is 0 Å². The van der Waals surface area contributed by atoms with Crippen molar-refractivity contribution >= 4 is 46.4 Å². The Kier molecular flexibility index (Phi) is 69.0. The second kappa shape index (κ2) is 47.8. The average molecular weight is 892 g/mol. The van der Waals surface area contributed by atoms with Crippen LogP contribution in [-0.4, -0.2) is 65.8 Å². The number of alkyl halides is 3. The van der Waals surface area contributed by atoms with Gasteiger partial charge in [0.2, 0.25) is 0 Å². The highest BCUT2D eigenvalue weighted by Gasteiger charge is 2.43. The maximum Gasteiger partial charge on any atom is 0.389 e. The lowest BCUT2D eigenvalue weighted by Crippen LogP contribution is -2.53. The monoisotopic (exact) mass is 891 g/mol. The Labute approximate surface area is 358 Å². The molecule has 0 heterocycles. The lowest BCUT2D eigenvalue weighted by Gasteiger charge is -2.38. The van der Waals surface area contributed by atoms with Crippen LogP contribution in [0.3, 0.4) is 0 Å². The zero-order chi connectivity index (χ0) is 38.4. The summed E-state index contributed by atoms with van der Waals surface area (Å²) in [6.45, 7) is 26.8. The van der Waals surface area contributed by atoms with Gasteiger partial charge in [-0.15, -0.1) is 0 Å². The number of rotatable bonds is 14. The summed E-state index contributed by atoms with van der Waals surface area (Å²) >= 11 is 0. The molecule has 0 aromatic heterocycles. The largest absolute Gasteiger partial charge is 0.463 e. The third kappa shape index (κ3) is 60.2. The van der Waals surface area contributed by atoms with Crippen molar-refractivity contribution < 1.29 is 44.6 Å². The molecule has 0 radical (unpaired) electrons. The first-order valence-corrected chi connectivity index (χ1v) is 27.3. The van der Waals surface area contributed by atoms with Crippen molar-refractivity contribution in [3.8, 4) is 0 Å². The van der Waals surface area contributed by atoms with Gasteiger partial charge in [0.15, 0.2) is 16.6 Å². The van der Waals surface area contributed by atoms with Crippen LogP contribution in [0.1, 0.15) is 93.5 Å². The van der Waals surface area contributed by atoms with Gasteiger partial charge >= 0.3 is 26.7 Å². The number of halogens is 3. The van der Waals surface area contributed by atoms with Crippen LogP contribution in [-0.2, 0) is 31.4 Å². The van der Waals surface area contributed by atoms with Gasteiger partial charge in [0.05, 0.1) is 13.2 Å². The molecule has 57 heavy (non-hydrogen) atoms. The normalized spacial score (nSPS) is 10.8. The van der Waals surface area contributed by atoms with Crippen LogP contribution in [0.4, 0.5) is 13.2 Å². The Bertz CT molecular complexity index is 1010. The number of carbonyl (C=O) groups is 2. The molecule has 2 aromatic carbocycles. The van der Waals surface area contributed by atoms with Crippen molar-refractivity contribution in [2.75, 3.05) is 13.2 Å². The molecule has 0 aliphatic rings. The fraction of sp³-hybridized carbons (Fsp3) is 0.581. The van der Waals surface area contributed by atoms with Crippen LogP contribution in [0.5, 0.6) is 0 Å². The first-order valence-electron chi connectivity index (χ1n) is 16.5. The molecule has 7 nitrogen and oxygen atoms in total. The molecule has 0 spiro atoms. The lowest BCUT2D eigenvalue weighted by molar-refractivity contribution is -0.138. The van der Waals surface area contributed by atoms with Crippen LogP contribution in [0.2, 0.25) is 57.4 Å². The van der Waals surface area contributed by atoms with E-state index in [9.17, 15) is 22.8 Å². The average Bonchev–Trinajstić information content (AvgIpc) is 3.06. The SMILES string of the molecule is C.C.C.C.C.C.C.C.C=CC(=O)OCC.C=CC(=O)OCC.CC[Si](C)(C)O[SiH](C)O[Si](C)(CCC(F)(F)F)O[Si](C)(C)CC.c1ccccc1.c1ccccc1. The molecule has 2 unspecified atom stereocenters. The fourth-order valence-electron chi connectivity index (χ4n) is 3.24. The van der Waals surface area contributed by atoms with Gasteiger partial charge in [0.1, 0.15) is 0 Å². The Hall–Kier alpha value is -2.60. The summed E-state index contributed by atoms with van der Waals surface area (Å²) in [4.78, 5) is 20.1. The number of ether oxygens (including phenoxy) is 2. The van der Waals surface area contributed by atoms with E-state index in [-0.39, 0.29) is 77.4 Å². The van der Waals surface area contributed by atoms with E-state index >= 15 is 0 Å². The number of esters is 2. The van der Waals surface area contributed by atoms with Crippen molar-refractivity contribution in [1.82, 2.24) is 0 Å². The summed E-state index contributed by atoms with van der Waals surface area (Å²) in [5.41, 5.74) is 0. The van der Waals surface area contributed by atoms with Gasteiger partial charge in [0.25, 0.3) is 9.28 Å². The van der Waals surface area contributed by atoms with Crippen LogP contribution in [0.25, 0.3) is 0 Å². The second-order valence-electron chi connectivity index (χ2n) is 11.6. The Morgan fingerprint density at radius 2 is 0.860 bits per heavy atom. The highest BCUT2D eigenvalue weighted by atomic mass is 28.5. The smallest absolute Gasteiger partial charge is 0.389 e. The van der Waals surface area contributed by atoms with Crippen LogP contribution < -0.4 is 0 Å². The van der Waals surface area contributed by atoms with Crippen LogP contribution in [0.15, 0.2) is 98.1 Å². The molecule has 0 amide bonds. The highest BCUT2D eigenvalue weighted by molar-refractivity contribution is 6.86. The van der Waals surface area contributed by atoms with Crippen molar-refractivity contribution in [2.24, 2.45) is 0 Å². The van der Waals surface area contributed by atoms with Gasteiger partial charge in [-0.3, -0.25) is 0 Å². The predicted molar refractivity (Wildman–Crippen MR) is 260 cm³/mol. The molecule has 2 aromatic rings. The summed E-state index contributed by atoms with van der Waals surface area (Å²) < 4.78 is 65.3. The zero-order valence-electron chi connectivity index (χ0n) is 31.3. The molecule has 344 valence electrons. The van der Waals surface area contributed by atoms with Gasteiger partial charge in [-0.1, -0.05) is 159 Å². The standard InChI is InChI=1S/C13H33F3O3Si4.2C6H6.2C5H8O2.8CH4/c1-9-21(4,5)17-20(3)18-23(8,12-11-13(14,15)16)19-22(6,7)10-2;2*1-2-4-6-5-3-1;2*1-3-5(6)7-4-2;;;;;;;;/h20H,9-12H2,1-8H3;2*1-6H;2*3H,1,4H2,2H3;8*1H4. The van der Waals surface area contributed by atoms with Gasteiger partial charge in [-0.2, -0.15) is 13.2 Å². The minimum absolute atomic E-state index is 0. The number of hydrogen-bond acceptors (Lipinski definition) is 7. The molecule has 0 N–H and O–H groups in total. The molecule has 14 heteroatoms. The molecule has 0 bridgehead atoms. The maximum absolute atomic E-state index is 12.7. The van der Waals surface area contributed by atoms with E-state index < -0.39 is 47.1 Å². The molecule has 2 atom stereocenters. The van der Waals surface area contributed by atoms with E-state index in [4.69, 9.17) is 12.3 Å². The van der Waals surface area contributed by atoms with E-state index in [1.165, 1.54) is 0 Å². The topological polar surface area (TPSA) is 80.3 Å². The molecule has 0 aliphatic carbocycles. The van der Waals surface area contributed by atoms with Crippen LogP contribution >= 0.6 is 0 Å². The summed E-state index contributed by atoms with van der Waals surface area (Å²) in [5, 5.41) is 0. The minimum atomic E-state index is -4.18.